The van der Waals surface area contributed by atoms with E-state index in [1.165, 1.54) is 4.90 Å². The van der Waals surface area contributed by atoms with Crippen molar-refractivity contribution in [3.63, 3.8) is 0 Å². The molecular formula is C14H16N4O2. The first kappa shape index (κ1) is 11.7. The molecule has 0 aromatic carbocycles. The van der Waals surface area contributed by atoms with Crippen LogP contribution in [0, 0.1) is 23.7 Å². The maximum Gasteiger partial charge on any atom is 0.234 e. The highest BCUT2D eigenvalue weighted by Crippen LogP contribution is 2.52. The van der Waals surface area contributed by atoms with E-state index < -0.39 is 0 Å². The number of imide groups is 1. The Morgan fingerprint density at radius 1 is 1.25 bits per heavy atom. The van der Waals surface area contributed by atoms with Gasteiger partial charge in [0.2, 0.25) is 11.8 Å². The zero-order chi connectivity index (χ0) is 14.0. The fourth-order valence-electron chi connectivity index (χ4n) is 3.90. The molecule has 0 spiro atoms. The highest BCUT2D eigenvalue weighted by molar-refractivity contribution is 6.06. The smallest absolute Gasteiger partial charge is 0.234 e. The molecule has 1 aromatic rings. The second-order valence-corrected chi connectivity index (χ2v) is 5.94. The number of carbonyl (C=O) groups is 2. The van der Waals surface area contributed by atoms with E-state index in [1.807, 2.05) is 0 Å². The van der Waals surface area contributed by atoms with Gasteiger partial charge in [-0.2, -0.15) is 5.10 Å². The molecule has 4 atom stereocenters. The molecule has 2 amide bonds. The summed E-state index contributed by atoms with van der Waals surface area (Å²) in [5.74, 6) is 0.630. The molecular weight excluding hydrogens is 256 g/mol. The first-order chi connectivity index (χ1) is 9.58. The lowest BCUT2D eigenvalue weighted by atomic mass is 9.85. The van der Waals surface area contributed by atoms with E-state index in [9.17, 15) is 9.59 Å². The summed E-state index contributed by atoms with van der Waals surface area (Å²) in [5, 5.41) is 4.05. The zero-order valence-corrected chi connectivity index (χ0v) is 11.2. The highest BCUT2D eigenvalue weighted by Gasteiger charge is 2.59. The molecule has 2 bridgehead atoms. The average molecular weight is 272 g/mol. The molecule has 2 N–H and O–H groups in total. The molecule has 3 aliphatic rings. The minimum atomic E-state index is -0.143. The van der Waals surface area contributed by atoms with Gasteiger partial charge < -0.3 is 5.73 Å². The molecule has 6 heteroatoms. The third-order valence-electron chi connectivity index (χ3n) is 4.95. The molecule has 1 saturated carbocycles. The van der Waals surface area contributed by atoms with Crippen molar-refractivity contribution in [1.82, 2.24) is 14.7 Å². The Hall–Kier alpha value is -2.11. The summed E-state index contributed by atoms with van der Waals surface area (Å²) in [6, 6.07) is 0. The van der Waals surface area contributed by atoms with Gasteiger partial charge in [-0.15, -0.1) is 0 Å². The minimum absolute atomic E-state index is 0.0416. The largest absolute Gasteiger partial charge is 0.384 e. The Labute approximate surface area is 116 Å². The van der Waals surface area contributed by atoms with Crippen molar-refractivity contribution in [3.8, 4) is 0 Å². The number of allylic oxidation sites excluding steroid dienone is 2. The van der Waals surface area contributed by atoms with Gasteiger partial charge in [-0.05, 0) is 18.3 Å². The van der Waals surface area contributed by atoms with E-state index in [-0.39, 0.29) is 42.0 Å². The Morgan fingerprint density at radius 2 is 1.85 bits per heavy atom. The predicted octanol–water partition coefficient (Wildman–Crippen LogP) is 0.309. The summed E-state index contributed by atoms with van der Waals surface area (Å²) in [6.45, 7) is 0.240. The van der Waals surface area contributed by atoms with Crippen LogP contribution in [0.15, 0.2) is 18.3 Å². The summed E-state index contributed by atoms with van der Waals surface area (Å²) in [6.07, 6.45) is 6.77. The number of aromatic nitrogens is 2. The van der Waals surface area contributed by atoms with Crippen molar-refractivity contribution < 1.29 is 9.59 Å². The molecule has 1 aromatic heterocycles. The first-order valence-corrected chi connectivity index (χ1v) is 6.88. The SMILES string of the molecule is Cn1ncc(CN2C(=O)C3C4C=CC(C4)C3C2=O)c1N. The second kappa shape index (κ2) is 3.71. The third-order valence-corrected chi connectivity index (χ3v) is 4.95. The number of nitrogens with two attached hydrogens (primary N) is 1. The van der Waals surface area contributed by atoms with Crippen molar-refractivity contribution in [2.24, 2.45) is 30.7 Å². The number of anilines is 1. The van der Waals surface area contributed by atoms with E-state index in [2.05, 4.69) is 17.3 Å². The van der Waals surface area contributed by atoms with Gasteiger partial charge in [0.1, 0.15) is 5.82 Å². The van der Waals surface area contributed by atoms with Crippen molar-refractivity contribution in [2.75, 3.05) is 5.73 Å². The standard InChI is InChI=1S/C14H16N4O2/c1-17-12(15)9(5-16-17)6-18-13(19)10-7-2-3-8(4-7)11(10)14(18)20/h2-3,5,7-8,10-11H,4,6,15H2,1H3. The number of nitrogens with zero attached hydrogens (tertiary/aromatic N) is 3. The molecule has 4 unspecified atom stereocenters. The molecule has 2 aliphatic carbocycles. The highest BCUT2D eigenvalue weighted by atomic mass is 16.2. The Balaban J connectivity index is 1.63. The van der Waals surface area contributed by atoms with Crippen LogP contribution in [0.4, 0.5) is 5.82 Å². The maximum absolute atomic E-state index is 12.5. The number of rotatable bonds is 2. The number of nitrogen functional groups attached to an aromatic ring is 1. The van der Waals surface area contributed by atoms with Crippen LogP contribution in [0.25, 0.3) is 0 Å². The van der Waals surface area contributed by atoms with Crippen LogP contribution < -0.4 is 5.73 Å². The van der Waals surface area contributed by atoms with Crippen LogP contribution in [0.3, 0.4) is 0 Å². The van der Waals surface area contributed by atoms with Crippen molar-refractivity contribution in [2.45, 2.75) is 13.0 Å². The molecule has 1 saturated heterocycles. The quantitative estimate of drug-likeness (QED) is 0.620. The van der Waals surface area contributed by atoms with Gasteiger partial charge in [-0.1, -0.05) is 12.2 Å². The molecule has 2 heterocycles. The topological polar surface area (TPSA) is 81.2 Å². The molecule has 4 rings (SSSR count). The zero-order valence-electron chi connectivity index (χ0n) is 11.2. The van der Waals surface area contributed by atoms with E-state index >= 15 is 0 Å². The number of hydrogen-bond acceptors (Lipinski definition) is 4. The van der Waals surface area contributed by atoms with Crippen molar-refractivity contribution >= 4 is 17.6 Å². The Bertz CT molecular complexity index is 618. The second-order valence-electron chi connectivity index (χ2n) is 5.94. The van der Waals surface area contributed by atoms with Crippen LogP contribution in [-0.2, 0) is 23.2 Å². The van der Waals surface area contributed by atoms with Crippen molar-refractivity contribution in [3.05, 3.63) is 23.9 Å². The number of aryl methyl sites for hydroxylation is 1. The predicted molar refractivity (Wildman–Crippen MR) is 70.9 cm³/mol. The summed E-state index contributed by atoms with van der Waals surface area (Å²) in [5.41, 5.74) is 6.62. The van der Waals surface area contributed by atoms with Crippen LogP contribution in [0.5, 0.6) is 0 Å². The Kier molecular flexibility index (Phi) is 2.17. The van der Waals surface area contributed by atoms with Crippen molar-refractivity contribution in [1.29, 1.82) is 0 Å². The number of amides is 2. The lowest BCUT2D eigenvalue weighted by Crippen LogP contribution is -2.32. The molecule has 20 heavy (non-hydrogen) atoms. The van der Waals surface area contributed by atoms with Gasteiger partial charge >= 0.3 is 0 Å². The van der Waals surface area contributed by atoms with Gasteiger partial charge in [-0.3, -0.25) is 19.2 Å². The lowest BCUT2D eigenvalue weighted by molar-refractivity contribution is -0.141. The summed E-state index contributed by atoms with van der Waals surface area (Å²) >= 11 is 0. The van der Waals surface area contributed by atoms with Gasteiger partial charge in [0, 0.05) is 12.6 Å². The fourth-order valence-corrected chi connectivity index (χ4v) is 3.90. The number of fused-ring (bicyclic) bond motifs is 5. The lowest BCUT2D eigenvalue weighted by Gasteiger charge is -2.16. The summed E-state index contributed by atoms with van der Waals surface area (Å²) in [7, 11) is 1.74. The number of carbonyl (C=O) groups excluding carboxylic acids is 2. The van der Waals surface area contributed by atoms with E-state index in [0.29, 0.717) is 5.82 Å². The van der Waals surface area contributed by atoms with Gasteiger partial charge in [0.15, 0.2) is 0 Å². The maximum atomic E-state index is 12.5. The van der Waals surface area contributed by atoms with Crippen LogP contribution in [0.1, 0.15) is 12.0 Å². The number of hydrogen-bond donors (Lipinski definition) is 1. The van der Waals surface area contributed by atoms with Crippen LogP contribution in [-0.4, -0.2) is 26.5 Å². The van der Waals surface area contributed by atoms with Gasteiger partial charge in [0.05, 0.1) is 24.6 Å². The average Bonchev–Trinajstić information content (AvgIpc) is 3.15. The van der Waals surface area contributed by atoms with Gasteiger partial charge in [0.25, 0.3) is 0 Å². The van der Waals surface area contributed by atoms with E-state index in [0.717, 1.165) is 12.0 Å². The molecule has 6 nitrogen and oxygen atoms in total. The van der Waals surface area contributed by atoms with Crippen LogP contribution in [0.2, 0.25) is 0 Å². The van der Waals surface area contributed by atoms with Crippen LogP contribution >= 0.6 is 0 Å². The van der Waals surface area contributed by atoms with Gasteiger partial charge in [-0.25, -0.2) is 0 Å². The van der Waals surface area contributed by atoms with E-state index in [4.69, 9.17) is 5.73 Å². The van der Waals surface area contributed by atoms with E-state index in [1.54, 1.807) is 17.9 Å². The normalized spacial score (nSPS) is 34.4. The summed E-state index contributed by atoms with van der Waals surface area (Å²) in [4.78, 5) is 26.4. The molecule has 0 radical (unpaired) electrons. The number of likely N-dealkylation sites (tertiary alicyclic amines) is 1. The minimum Gasteiger partial charge on any atom is -0.384 e. The molecule has 1 aliphatic heterocycles. The summed E-state index contributed by atoms with van der Waals surface area (Å²) < 4.78 is 1.55. The molecule has 104 valence electrons. The molecule has 2 fully saturated rings. The fraction of sp³-hybridized carbons (Fsp3) is 0.500. The Morgan fingerprint density at radius 3 is 2.35 bits per heavy atom. The third kappa shape index (κ3) is 1.31. The monoisotopic (exact) mass is 272 g/mol. The first-order valence-electron chi connectivity index (χ1n) is 6.88.